The summed E-state index contributed by atoms with van der Waals surface area (Å²) in [6, 6.07) is 0. The highest BCUT2D eigenvalue weighted by molar-refractivity contribution is 6.00. The number of ether oxygens (including phenoxy) is 4. The van der Waals surface area contributed by atoms with Gasteiger partial charge in [-0.2, -0.15) is 0 Å². The number of carbonyl (C=O) groups is 2. The van der Waals surface area contributed by atoms with E-state index < -0.39 is 29.9 Å². The summed E-state index contributed by atoms with van der Waals surface area (Å²) in [6.07, 6.45) is 2.11. The zero-order chi connectivity index (χ0) is 19.7. The van der Waals surface area contributed by atoms with Crippen LogP contribution < -0.4 is 0 Å². The second kappa shape index (κ2) is 10.9. The van der Waals surface area contributed by atoms with Crippen LogP contribution in [0.15, 0.2) is 0 Å². The zero-order valence-corrected chi connectivity index (χ0v) is 17.2. The molecule has 0 radical (unpaired) electrons. The van der Waals surface area contributed by atoms with Crippen LogP contribution >= 0.6 is 0 Å². The molecule has 26 heavy (non-hydrogen) atoms. The van der Waals surface area contributed by atoms with Crippen LogP contribution in [-0.4, -0.2) is 37.7 Å². The van der Waals surface area contributed by atoms with Gasteiger partial charge >= 0.3 is 11.9 Å². The maximum atomic E-state index is 12.8. The van der Waals surface area contributed by atoms with Gasteiger partial charge in [0, 0.05) is 0 Å². The Kier molecular flexibility index (Phi) is 9.58. The Morgan fingerprint density at radius 1 is 0.731 bits per heavy atom. The number of esters is 2. The van der Waals surface area contributed by atoms with Gasteiger partial charge < -0.3 is 18.9 Å². The average Bonchev–Trinajstić information content (AvgIpc) is 2.58. The Morgan fingerprint density at radius 2 is 1.12 bits per heavy atom. The van der Waals surface area contributed by atoms with Crippen LogP contribution in [0.3, 0.4) is 0 Å². The van der Waals surface area contributed by atoms with Gasteiger partial charge in [0.05, 0.1) is 13.2 Å². The number of hydrogen-bond donors (Lipinski definition) is 0. The van der Waals surface area contributed by atoms with Crippen LogP contribution in [0.5, 0.6) is 0 Å². The van der Waals surface area contributed by atoms with E-state index in [9.17, 15) is 9.59 Å². The van der Waals surface area contributed by atoms with Gasteiger partial charge in [-0.3, -0.25) is 9.59 Å². The predicted octanol–water partition coefficient (Wildman–Crippen LogP) is 4.06. The third-order valence-corrected chi connectivity index (χ3v) is 4.36. The highest BCUT2D eigenvalue weighted by Crippen LogP contribution is 2.39. The highest BCUT2D eigenvalue weighted by Gasteiger charge is 2.50. The van der Waals surface area contributed by atoms with Crippen molar-refractivity contribution in [3.63, 3.8) is 0 Å². The summed E-state index contributed by atoms with van der Waals surface area (Å²) in [7, 11) is 0. The molecule has 1 saturated carbocycles. The fraction of sp³-hybridized carbons (Fsp3) is 0.900. The largest absolute Gasteiger partial charge is 0.435 e. The van der Waals surface area contributed by atoms with Crippen molar-refractivity contribution in [2.45, 2.75) is 86.2 Å². The van der Waals surface area contributed by atoms with E-state index in [4.69, 9.17) is 18.9 Å². The van der Waals surface area contributed by atoms with Crippen LogP contribution in [0, 0.1) is 17.3 Å². The molecule has 2 unspecified atom stereocenters. The molecule has 2 atom stereocenters. The maximum absolute atomic E-state index is 12.8. The Balaban J connectivity index is 2.72. The van der Waals surface area contributed by atoms with Crippen molar-refractivity contribution in [2.24, 2.45) is 17.3 Å². The molecule has 6 nitrogen and oxygen atoms in total. The molecule has 0 N–H and O–H groups in total. The molecule has 152 valence electrons. The first kappa shape index (κ1) is 22.9. The first-order chi connectivity index (χ1) is 12.2. The van der Waals surface area contributed by atoms with E-state index in [-0.39, 0.29) is 0 Å². The van der Waals surface area contributed by atoms with Crippen LogP contribution in [-0.2, 0) is 28.5 Å². The molecule has 1 fully saturated rings. The lowest BCUT2D eigenvalue weighted by molar-refractivity contribution is -0.207. The van der Waals surface area contributed by atoms with Crippen molar-refractivity contribution in [2.75, 3.05) is 13.2 Å². The third kappa shape index (κ3) is 7.23. The summed E-state index contributed by atoms with van der Waals surface area (Å²) in [4.78, 5) is 25.6. The highest BCUT2D eigenvalue weighted by atomic mass is 16.7. The fourth-order valence-corrected chi connectivity index (χ4v) is 2.90. The molecular weight excluding hydrogens is 336 g/mol. The third-order valence-electron chi connectivity index (χ3n) is 4.36. The standard InChI is InChI=1S/C20H36O6/c1-14(2)12-23-16(5)25-18(21)20(10-8-7-9-11-20)19(22)26-17(6)24-13-15(3)4/h14-17H,7-13H2,1-6H3. The van der Waals surface area contributed by atoms with Crippen molar-refractivity contribution < 1.29 is 28.5 Å². The van der Waals surface area contributed by atoms with Crippen molar-refractivity contribution in [3.05, 3.63) is 0 Å². The summed E-state index contributed by atoms with van der Waals surface area (Å²) < 4.78 is 21.9. The van der Waals surface area contributed by atoms with Gasteiger partial charge in [0.2, 0.25) is 0 Å². The Hall–Kier alpha value is -1.14. The van der Waals surface area contributed by atoms with Gasteiger partial charge in [-0.1, -0.05) is 47.0 Å². The summed E-state index contributed by atoms with van der Waals surface area (Å²) in [6.45, 7) is 12.4. The Labute approximate surface area is 157 Å². The van der Waals surface area contributed by atoms with Crippen molar-refractivity contribution in [3.8, 4) is 0 Å². The normalized spacial score (nSPS) is 19.2. The van der Waals surface area contributed by atoms with Gasteiger partial charge in [-0.15, -0.1) is 0 Å². The molecule has 1 rings (SSSR count). The van der Waals surface area contributed by atoms with Crippen molar-refractivity contribution in [1.82, 2.24) is 0 Å². The maximum Gasteiger partial charge on any atom is 0.325 e. The SMILES string of the molecule is CC(C)COC(C)OC(=O)C1(C(=O)OC(C)OCC(C)C)CCCCC1. The van der Waals surface area contributed by atoms with Crippen LogP contribution in [0.2, 0.25) is 0 Å². The van der Waals surface area contributed by atoms with E-state index in [0.29, 0.717) is 37.9 Å². The minimum Gasteiger partial charge on any atom is -0.435 e. The van der Waals surface area contributed by atoms with Gasteiger partial charge in [0.25, 0.3) is 0 Å². The molecule has 0 aromatic rings. The fourth-order valence-electron chi connectivity index (χ4n) is 2.90. The summed E-state index contributed by atoms with van der Waals surface area (Å²) in [5, 5.41) is 0. The van der Waals surface area contributed by atoms with Crippen LogP contribution in [0.1, 0.15) is 73.6 Å². The topological polar surface area (TPSA) is 71.1 Å². The number of carbonyl (C=O) groups excluding carboxylic acids is 2. The second-order valence-electron chi connectivity index (χ2n) is 8.04. The minimum atomic E-state index is -1.25. The molecule has 0 aromatic heterocycles. The van der Waals surface area contributed by atoms with E-state index >= 15 is 0 Å². The molecule has 0 saturated heterocycles. The lowest BCUT2D eigenvalue weighted by atomic mass is 9.74. The summed E-state index contributed by atoms with van der Waals surface area (Å²) in [5.41, 5.74) is -1.25. The van der Waals surface area contributed by atoms with E-state index in [1.54, 1.807) is 13.8 Å². The first-order valence-electron chi connectivity index (χ1n) is 9.82. The van der Waals surface area contributed by atoms with E-state index in [2.05, 4.69) is 0 Å². The van der Waals surface area contributed by atoms with Gasteiger partial charge in [-0.25, -0.2) is 0 Å². The van der Waals surface area contributed by atoms with Gasteiger partial charge in [-0.05, 0) is 38.5 Å². The molecule has 0 amide bonds. The Morgan fingerprint density at radius 3 is 1.46 bits per heavy atom. The number of rotatable bonds is 10. The molecule has 0 aromatic carbocycles. The predicted molar refractivity (Wildman–Crippen MR) is 98.2 cm³/mol. The Bertz CT molecular complexity index is 406. The van der Waals surface area contributed by atoms with E-state index in [1.807, 2.05) is 27.7 Å². The molecular formula is C20H36O6. The number of hydrogen-bond acceptors (Lipinski definition) is 6. The molecule has 1 aliphatic carbocycles. The molecule has 1 aliphatic rings. The smallest absolute Gasteiger partial charge is 0.325 e. The molecule has 0 bridgehead atoms. The van der Waals surface area contributed by atoms with Gasteiger partial charge in [0.1, 0.15) is 0 Å². The monoisotopic (exact) mass is 372 g/mol. The first-order valence-corrected chi connectivity index (χ1v) is 9.82. The van der Waals surface area contributed by atoms with E-state index in [1.165, 1.54) is 0 Å². The lowest BCUT2D eigenvalue weighted by Crippen LogP contribution is -2.46. The molecule has 6 heteroatoms. The summed E-state index contributed by atoms with van der Waals surface area (Å²) >= 11 is 0. The molecule has 0 heterocycles. The molecule has 0 spiro atoms. The quantitative estimate of drug-likeness (QED) is 0.327. The van der Waals surface area contributed by atoms with Gasteiger partial charge in [0.15, 0.2) is 18.0 Å². The minimum absolute atomic E-state index is 0.337. The van der Waals surface area contributed by atoms with Crippen LogP contribution in [0.4, 0.5) is 0 Å². The second-order valence-corrected chi connectivity index (χ2v) is 8.04. The van der Waals surface area contributed by atoms with Crippen molar-refractivity contribution in [1.29, 1.82) is 0 Å². The average molecular weight is 373 g/mol. The van der Waals surface area contributed by atoms with E-state index in [0.717, 1.165) is 19.3 Å². The summed E-state index contributed by atoms with van der Waals surface area (Å²) in [5.74, 6) is -0.420. The molecule has 0 aliphatic heterocycles. The van der Waals surface area contributed by atoms with Crippen LogP contribution in [0.25, 0.3) is 0 Å². The lowest BCUT2D eigenvalue weighted by Gasteiger charge is -2.34. The van der Waals surface area contributed by atoms with Crippen molar-refractivity contribution >= 4 is 11.9 Å². The zero-order valence-electron chi connectivity index (χ0n) is 17.2.